The maximum Gasteiger partial charge on any atom is 0.416 e. The number of anilines is 1. The first-order valence-electron chi connectivity index (χ1n) is 8.39. The Kier molecular flexibility index (Phi) is 6.70. The fraction of sp³-hybridized carbons (Fsp3) is 0.0476. The molecule has 0 aliphatic heterocycles. The summed E-state index contributed by atoms with van der Waals surface area (Å²) in [5, 5.41) is 12.1. The summed E-state index contributed by atoms with van der Waals surface area (Å²) in [7, 11) is 0. The van der Waals surface area contributed by atoms with E-state index in [1.165, 1.54) is 30.0 Å². The summed E-state index contributed by atoms with van der Waals surface area (Å²) in [5.74, 6) is -0.599. The zero-order chi connectivity index (χ0) is 21.7. The third-order valence-electron chi connectivity index (χ3n) is 3.73. The third kappa shape index (κ3) is 5.55. The number of amides is 1. The monoisotopic (exact) mass is 492 g/mol. The van der Waals surface area contributed by atoms with Gasteiger partial charge in [0.25, 0.3) is 5.91 Å². The van der Waals surface area contributed by atoms with E-state index in [0.29, 0.717) is 9.56 Å². The van der Waals surface area contributed by atoms with Crippen molar-refractivity contribution in [1.82, 2.24) is 0 Å². The van der Waals surface area contributed by atoms with E-state index < -0.39 is 17.6 Å². The molecule has 1 heterocycles. The van der Waals surface area contributed by atoms with Crippen molar-refractivity contribution in [2.75, 3.05) is 5.32 Å². The minimum atomic E-state index is -4.54. The van der Waals surface area contributed by atoms with Gasteiger partial charge in [0.2, 0.25) is 0 Å². The van der Waals surface area contributed by atoms with E-state index in [0.717, 1.165) is 17.0 Å². The summed E-state index contributed by atoms with van der Waals surface area (Å²) in [4.78, 5) is 13.3. The van der Waals surface area contributed by atoms with E-state index in [1.54, 1.807) is 12.1 Å². The van der Waals surface area contributed by atoms with Crippen LogP contribution in [0.15, 0.2) is 85.1 Å². The van der Waals surface area contributed by atoms with E-state index in [2.05, 4.69) is 21.2 Å². The number of halogens is 4. The van der Waals surface area contributed by atoms with Crippen LogP contribution in [0.2, 0.25) is 0 Å². The Morgan fingerprint density at radius 2 is 1.87 bits per heavy atom. The maximum atomic E-state index is 12.8. The largest absolute Gasteiger partial charge is 0.449 e. The van der Waals surface area contributed by atoms with Crippen molar-refractivity contribution in [3.63, 3.8) is 0 Å². The number of hydrogen-bond donors (Lipinski definition) is 1. The molecule has 0 saturated carbocycles. The summed E-state index contributed by atoms with van der Waals surface area (Å²) in [5.41, 5.74) is -1.29. The van der Waals surface area contributed by atoms with Gasteiger partial charge in [0.15, 0.2) is 5.09 Å². The number of nitriles is 1. The predicted molar refractivity (Wildman–Crippen MR) is 111 cm³/mol. The van der Waals surface area contributed by atoms with Crippen molar-refractivity contribution < 1.29 is 22.4 Å². The Balaban J connectivity index is 1.78. The van der Waals surface area contributed by atoms with E-state index in [1.807, 2.05) is 30.3 Å². The minimum absolute atomic E-state index is 0.0723. The van der Waals surface area contributed by atoms with Gasteiger partial charge < -0.3 is 9.73 Å². The summed E-state index contributed by atoms with van der Waals surface area (Å²) >= 11 is 4.72. The topological polar surface area (TPSA) is 66.0 Å². The van der Waals surface area contributed by atoms with Gasteiger partial charge in [0.1, 0.15) is 17.4 Å². The van der Waals surface area contributed by atoms with Gasteiger partial charge in [0.05, 0.1) is 10.0 Å². The number of furan rings is 1. The van der Waals surface area contributed by atoms with Crippen LogP contribution < -0.4 is 5.32 Å². The maximum absolute atomic E-state index is 12.8. The van der Waals surface area contributed by atoms with Crippen molar-refractivity contribution >= 4 is 45.4 Å². The molecule has 0 bridgehead atoms. The number of alkyl halides is 3. The number of nitrogens with one attached hydrogen (secondary N) is 1. The Hall–Kier alpha value is -2.96. The number of carbonyl (C=O) groups excluding carboxylic acids is 1. The average molecular weight is 493 g/mol. The number of benzene rings is 2. The molecule has 1 amide bonds. The number of nitrogens with zero attached hydrogens (tertiary/aromatic N) is 1. The predicted octanol–water partition coefficient (Wildman–Crippen LogP) is 6.76. The van der Waals surface area contributed by atoms with Crippen LogP contribution in [-0.4, -0.2) is 5.91 Å². The average Bonchev–Trinajstić information content (AvgIpc) is 3.05. The fourth-order valence-electron chi connectivity index (χ4n) is 2.37. The highest BCUT2D eigenvalue weighted by Gasteiger charge is 2.30. The van der Waals surface area contributed by atoms with Crippen LogP contribution in [0.1, 0.15) is 11.3 Å². The summed E-state index contributed by atoms with van der Waals surface area (Å²) in [6, 6.07) is 17.0. The lowest BCUT2D eigenvalue weighted by atomic mass is 10.1. The molecule has 0 aliphatic carbocycles. The van der Waals surface area contributed by atoms with E-state index in [4.69, 9.17) is 4.42 Å². The first kappa shape index (κ1) is 21.7. The first-order chi connectivity index (χ1) is 14.3. The normalized spacial score (nSPS) is 11.8. The molecule has 3 rings (SSSR count). The highest BCUT2D eigenvalue weighted by Crippen LogP contribution is 2.36. The van der Waals surface area contributed by atoms with E-state index >= 15 is 0 Å². The zero-order valence-corrected chi connectivity index (χ0v) is 17.4. The first-order valence-corrected chi connectivity index (χ1v) is 10.00. The van der Waals surface area contributed by atoms with Crippen molar-refractivity contribution in [3.05, 3.63) is 82.0 Å². The standard InChI is InChI=1S/C21H12BrF3N2O2S/c22-18-11-16(29-20(18)30-17-7-2-1-3-8-17)9-13(12-26)19(28)27-15-6-4-5-14(10-15)21(23,24)25/h1-11H,(H,27,28)/b13-9-. The fourth-order valence-corrected chi connectivity index (χ4v) is 3.72. The van der Waals surface area contributed by atoms with Gasteiger partial charge in [-0.1, -0.05) is 36.0 Å². The number of rotatable bonds is 5. The molecule has 0 radical (unpaired) electrons. The van der Waals surface area contributed by atoms with Gasteiger partial charge in [-0.2, -0.15) is 18.4 Å². The molecule has 0 saturated heterocycles. The van der Waals surface area contributed by atoms with Gasteiger partial charge in [-0.15, -0.1) is 0 Å². The molecule has 0 unspecified atom stereocenters. The van der Waals surface area contributed by atoms with Crippen LogP contribution >= 0.6 is 27.7 Å². The Bertz CT molecular complexity index is 1140. The molecule has 1 N–H and O–H groups in total. The molecule has 2 aromatic carbocycles. The van der Waals surface area contributed by atoms with E-state index in [-0.39, 0.29) is 17.0 Å². The second-order valence-corrected chi connectivity index (χ2v) is 7.80. The summed E-state index contributed by atoms with van der Waals surface area (Å²) in [6.07, 6.45) is -3.31. The highest BCUT2D eigenvalue weighted by atomic mass is 79.9. The second kappa shape index (κ2) is 9.24. The van der Waals surface area contributed by atoms with Gasteiger partial charge in [-0.05, 0) is 52.3 Å². The zero-order valence-electron chi connectivity index (χ0n) is 15.0. The van der Waals surface area contributed by atoms with E-state index in [9.17, 15) is 23.2 Å². The molecule has 0 fully saturated rings. The summed E-state index contributed by atoms with van der Waals surface area (Å²) in [6.45, 7) is 0. The Morgan fingerprint density at radius 1 is 1.13 bits per heavy atom. The SMILES string of the molecule is N#C/C(=C/c1cc(Br)c(Sc2ccccc2)o1)C(=O)Nc1cccc(C(F)(F)F)c1. The quantitative estimate of drug-likeness (QED) is 0.315. The van der Waals surface area contributed by atoms with Gasteiger partial charge in [-0.3, -0.25) is 4.79 Å². The number of carbonyl (C=O) groups is 1. The molecule has 30 heavy (non-hydrogen) atoms. The van der Waals surface area contributed by atoms with Crippen LogP contribution in [0.25, 0.3) is 6.08 Å². The molecule has 1 aromatic heterocycles. The van der Waals surface area contributed by atoms with Gasteiger partial charge in [0, 0.05) is 16.7 Å². The van der Waals surface area contributed by atoms with Crippen molar-refractivity contribution in [2.45, 2.75) is 16.2 Å². The van der Waals surface area contributed by atoms with Crippen LogP contribution in [0.3, 0.4) is 0 Å². The van der Waals surface area contributed by atoms with Crippen LogP contribution in [-0.2, 0) is 11.0 Å². The van der Waals surface area contributed by atoms with Gasteiger partial charge in [-0.25, -0.2) is 0 Å². The number of hydrogen-bond acceptors (Lipinski definition) is 4. The lowest BCUT2D eigenvalue weighted by molar-refractivity contribution is -0.137. The van der Waals surface area contributed by atoms with Crippen LogP contribution in [0, 0.1) is 11.3 Å². The highest BCUT2D eigenvalue weighted by molar-refractivity contribution is 9.10. The lowest BCUT2D eigenvalue weighted by Crippen LogP contribution is -2.14. The molecular weight excluding hydrogens is 481 g/mol. The molecule has 0 spiro atoms. The Labute approximate surface area is 182 Å². The molecule has 9 heteroatoms. The smallest absolute Gasteiger partial charge is 0.416 e. The van der Waals surface area contributed by atoms with Crippen molar-refractivity contribution in [2.24, 2.45) is 0 Å². The molecular formula is C21H12BrF3N2O2S. The molecule has 0 aliphatic rings. The van der Waals surface area contributed by atoms with Crippen molar-refractivity contribution in [3.8, 4) is 6.07 Å². The third-order valence-corrected chi connectivity index (χ3v) is 5.58. The molecule has 3 aromatic rings. The van der Waals surface area contributed by atoms with Gasteiger partial charge >= 0.3 is 6.18 Å². The molecule has 4 nitrogen and oxygen atoms in total. The molecule has 0 atom stereocenters. The van der Waals surface area contributed by atoms with Crippen molar-refractivity contribution in [1.29, 1.82) is 5.26 Å². The van der Waals surface area contributed by atoms with Crippen LogP contribution in [0.4, 0.5) is 18.9 Å². The Morgan fingerprint density at radius 3 is 2.53 bits per heavy atom. The summed E-state index contributed by atoms with van der Waals surface area (Å²) < 4.78 is 44.8. The van der Waals surface area contributed by atoms with Crippen LogP contribution in [0.5, 0.6) is 0 Å². The second-order valence-electron chi connectivity index (χ2n) is 5.90. The lowest BCUT2D eigenvalue weighted by Gasteiger charge is -2.09. The minimum Gasteiger partial charge on any atom is -0.449 e. The molecule has 152 valence electrons.